The number of carbonyl (C=O) groups excluding carboxylic acids is 2. The number of nitrogens with one attached hydrogen (secondary N) is 1. The minimum atomic E-state index is -0.323. The van der Waals surface area contributed by atoms with Gasteiger partial charge >= 0.3 is 0 Å². The Hall–Kier alpha value is -3.62. The number of ether oxygens (including phenoxy) is 2. The zero-order valence-corrected chi connectivity index (χ0v) is 20.2. The van der Waals surface area contributed by atoms with Crippen molar-refractivity contribution < 1.29 is 19.1 Å². The van der Waals surface area contributed by atoms with E-state index in [4.69, 9.17) is 21.7 Å². The van der Waals surface area contributed by atoms with E-state index in [9.17, 15) is 9.59 Å². The second-order valence-corrected chi connectivity index (χ2v) is 9.05. The lowest BCUT2D eigenvalue weighted by Crippen LogP contribution is -2.36. The molecule has 34 heavy (non-hydrogen) atoms. The Morgan fingerprint density at radius 3 is 2.32 bits per heavy atom. The summed E-state index contributed by atoms with van der Waals surface area (Å²) in [4.78, 5) is 27.3. The van der Waals surface area contributed by atoms with Crippen LogP contribution in [0, 0.1) is 0 Å². The largest absolute Gasteiger partial charge is 0.493 e. The van der Waals surface area contributed by atoms with Gasteiger partial charge in [0.25, 0.3) is 5.91 Å². The molecule has 1 aliphatic heterocycles. The summed E-state index contributed by atoms with van der Waals surface area (Å²) < 4.78 is 10.9. The molecule has 1 aliphatic rings. The van der Waals surface area contributed by atoms with Crippen LogP contribution in [0.3, 0.4) is 0 Å². The topological polar surface area (TPSA) is 67.9 Å². The maximum Gasteiger partial charge on any atom is 0.266 e. The van der Waals surface area contributed by atoms with E-state index in [1.807, 2.05) is 60.7 Å². The summed E-state index contributed by atoms with van der Waals surface area (Å²) in [7, 11) is 3.11. The van der Waals surface area contributed by atoms with Gasteiger partial charge < -0.3 is 14.8 Å². The average Bonchev–Trinajstić information content (AvgIpc) is 3.12. The summed E-state index contributed by atoms with van der Waals surface area (Å²) in [6, 6.07) is 22.9. The van der Waals surface area contributed by atoms with E-state index in [-0.39, 0.29) is 18.4 Å². The van der Waals surface area contributed by atoms with E-state index >= 15 is 0 Å². The molecule has 0 aromatic heterocycles. The highest BCUT2D eigenvalue weighted by Gasteiger charge is 2.33. The smallest absolute Gasteiger partial charge is 0.266 e. The van der Waals surface area contributed by atoms with Crippen LogP contribution in [-0.2, 0) is 9.59 Å². The molecule has 8 heteroatoms. The highest BCUT2D eigenvalue weighted by molar-refractivity contribution is 8.26. The van der Waals surface area contributed by atoms with Gasteiger partial charge in [0.1, 0.15) is 10.9 Å². The second-order valence-electron chi connectivity index (χ2n) is 7.37. The molecular formula is C26H22N2O4S2. The van der Waals surface area contributed by atoms with Crippen LogP contribution in [0.1, 0.15) is 5.56 Å². The molecule has 1 fully saturated rings. The van der Waals surface area contributed by atoms with Crippen molar-refractivity contribution in [1.29, 1.82) is 0 Å². The lowest BCUT2D eigenvalue weighted by molar-refractivity contribution is -0.126. The summed E-state index contributed by atoms with van der Waals surface area (Å²) in [5.41, 5.74) is 3.56. The molecule has 1 saturated heterocycles. The molecule has 0 atom stereocenters. The molecule has 0 radical (unpaired) electrons. The monoisotopic (exact) mass is 490 g/mol. The van der Waals surface area contributed by atoms with Gasteiger partial charge in [0.05, 0.1) is 19.1 Å². The van der Waals surface area contributed by atoms with Crippen molar-refractivity contribution in [3.8, 4) is 22.6 Å². The van der Waals surface area contributed by atoms with Crippen molar-refractivity contribution in [3.63, 3.8) is 0 Å². The van der Waals surface area contributed by atoms with Crippen molar-refractivity contribution in [3.05, 3.63) is 83.3 Å². The molecule has 0 spiro atoms. The number of hydrogen-bond donors (Lipinski definition) is 1. The number of carbonyl (C=O) groups is 2. The number of thiocarbonyl (C=S) groups is 1. The number of thioether (sulfide) groups is 1. The van der Waals surface area contributed by atoms with E-state index in [0.717, 1.165) is 28.5 Å². The molecule has 1 N–H and O–H groups in total. The van der Waals surface area contributed by atoms with Crippen LogP contribution in [0.2, 0.25) is 0 Å². The molecule has 0 saturated carbocycles. The van der Waals surface area contributed by atoms with E-state index in [1.165, 1.54) is 4.90 Å². The van der Waals surface area contributed by atoms with Gasteiger partial charge in [-0.25, -0.2) is 0 Å². The predicted octanol–water partition coefficient (Wildman–Crippen LogP) is 5.21. The Balaban J connectivity index is 1.41. The number of anilines is 1. The summed E-state index contributed by atoms with van der Waals surface area (Å²) in [6.07, 6.45) is 1.72. The van der Waals surface area contributed by atoms with Crippen molar-refractivity contribution >= 4 is 51.9 Å². The number of rotatable bonds is 7. The van der Waals surface area contributed by atoms with Gasteiger partial charge in [0.15, 0.2) is 11.5 Å². The molecule has 2 amide bonds. The second kappa shape index (κ2) is 10.5. The highest BCUT2D eigenvalue weighted by atomic mass is 32.2. The van der Waals surface area contributed by atoms with Crippen LogP contribution in [0.25, 0.3) is 17.2 Å². The molecule has 3 aromatic rings. The first-order valence-corrected chi connectivity index (χ1v) is 11.6. The summed E-state index contributed by atoms with van der Waals surface area (Å²) in [6.45, 7) is -0.158. The van der Waals surface area contributed by atoms with E-state index < -0.39 is 0 Å². The SMILES string of the molecule is COc1ccc(/C=C2\SC(=S)N(CC(=O)Nc3ccc(-c4ccccc4)cc3)C2=O)cc1OC. The zero-order chi connectivity index (χ0) is 24.1. The lowest BCUT2D eigenvalue weighted by atomic mass is 10.1. The lowest BCUT2D eigenvalue weighted by Gasteiger charge is -2.14. The van der Waals surface area contributed by atoms with E-state index in [0.29, 0.717) is 26.4 Å². The number of nitrogens with zero attached hydrogens (tertiary/aromatic N) is 1. The summed E-state index contributed by atoms with van der Waals surface area (Å²) in [5, 5.41) is 2.83. The Morgan fingerprint density at radius 2 is 1.65 bits per heavy atom. The highest BCUT2D eigenvalue weighted by Crippen LogP contribution is 2.34. The first kappa shape index (κ1) is 23.5. The molecule has 0 aliphatic carbocycles. The maximum atomic E-state index is 12.9. The third kappa shape index (κ3) is 5.30. The van der Waals surface area contributed by atoms with Crippen molar-refractivity contribution in [2.24, 2.45) is 0 Å². The maximum absolute atomic E-state index is 12.9. The first-order chi connectivity index (χ1) is 16.5. The van der Waals surface area contributed by atoms with Crippen molar-refractivity contribution in [1.82, 2.24) is 4.90 Å². The van der Waals surface area contributed by atoms with Crippen LogP contribution in [-0.4, -0.2) is 41.8 Å². The minimum Gasteiger partial charge on any atom is -0.493 e. The van der Waals surface area contributed by atoms with Crippen LogP contribution >= 0.6 is 24.0 Å². The predicted molar refractivity (Wildman–Crippen MR) is 140 cm³/mol. The summed E-state index contributed by atoms with van der Waals surface area (Å²) in [5.74, 6) is 0.528. The fraction of sp³-hybridized carbons (Fsp3) is 0.115. The molecule has 4 rings (SSSR count). The van der Waals surface area contributed by atoms with Crippen LogP contribution < -0.4 is 14.8 Å². The fourth-order valence-corrected chi connectivity index (χ4v) is 4.71. The molecule has 0 unspecified atom stereocenters. The van der Waals surface area contributed by atoms with Crippen LogP contribution in [0.5, 0.6) is 11.5 Å². The molecule has 172 valence electrons. The molecule has 6 nitrogen and oxygen atoms in total. The Morgan fingerprint density at radius 1 is 0.971 bits per heavy atom. The Bertz CT molecular complexity index is 1260. The number of amides is 2. The third-order valence-electron chi connectivity index (χ3n) is 5.16. The van der Waals surface area contributed by atoms with Crippen LogP contribution in [0.4, 0.5) is 5.69 Å². The Labute approximate surface area is 207 Å². The van der Waals surface area contributed by atoms with E-state index in [2.05, 4.69) is 5.32 Å². The van der Waals surface area contributed by atoms with Gasteiger partial charge in [-0.1, -0.05) is 72.5 Å². The fourth-order valence-electron chi connectivity index (χ4n) is 3.45. The molecule has 1 heterocycles. The molecule has 3 aromatic carbocycles. The van der Waals surface area contributed by atoms with Crippen LogP contribution in [0.15, 0.2) is 77.7 Å². The van der Waals surface area contributed by atoms with Gasteiger partial charge in [-0.15, -0.1) is 0 Å². The molecular weight excluding hydrogens is 468 g/mol. The van der Waals surface area contributed by atoms with Gasteiger partial charge in [-0.05, 0) is 47.0 Å². The third-order valence-corrected chi connectivity index (χ3v) is 6.53. The van der Waals surface area contributed by atoms with E-state index in [1.54, 1.807) is 32.4 Å². The van der Waals surface area contributed by atoms with Gasteiger partial charge in [-0.3, -0.25) is 14.5 Å². The minimum absolute atomic E-state index is 0.158. The van der Waals surface area contributed by atoms with Crippen molar-refractivity contribution in [2.45, 2.75) is 0 Å². The van der Waals surface area contributed by atoms with Gasteiger partial charge in [0.2, 0.25) is 5.91 Å². The van der Waals surface area contributed by atoms with Gasteiger partial charge in [-0.2, -0.15) is 0 Å². The molecule has 0 bridgehead atoms. The quantitative estimate of drug-likeness (QED) is 0.362. The standard InChI is InChI=1S/C26H22N2O4S2/c1-31-21-13-8-17(14-22(21)32-2)15-23-25(30)28(26(33)34-23)16-24(29)27-20-11-9-19(10-12-20)18-6-4-3-5-7-18/h3-15H,16H2,1-2H3,(H,27,29)/b23-15-. The Kier molecular flexibility index (Phi) is 7.30. The zero-order valence-electron chi connectivity index (χ0n) is 18.6. The van der Waals surface area contributed by atoms with Gasteiger partial charge in [0, 0.05) is 5.69 Å². The first-order valence-electron chi connectivity index (χ1n) is 10.4. The number of methoxy groups -OCH3 is 2. The normalized spacial score (nSPS) is 14.4. The van der Waals surface area contributed by atoms with Crippen molar-refractivity contribution in [2.75, 3.05) is 26.1 Å². The summed E-state index contributed by atoms with van der Waals surface area (Å²) >= 11 is 6.52. The number of hydrogen-bond acceptors (Lipinski definition) is 6. The average molecular weight is 491 g/mol. The number of benzene rings is 3.